The molecule has 0 aliphatic carbocycles. The first-order valence-corrected chi connectivity index (χ1v) is 6.04. The van der Waals surface area contributed by atoms with Crippen LogP contribution in [-0.4, -0.2) is 36.2 Å². The Hall–Kier alpha value is -0.810. The molecule has 1 aliphatic heterocycles. The molecule has 0 spiro atoms. The van der Waals surface area contributed by atoms with Crippen LogP contribution in [0.2, 0.25) is 0 Å². The summed E-state index contributed by atoms with van der Waals surface area (Å²) in [7, 11) is 0. The van der Waals surface area contributed by atoms with Gasteiger partial charge in [0.2, 0.25) is 0 Å². The van der Waals surface area contributed by atoms with E-state index < -0.39 is 0 Å². The molecule has 1 unspecified atom stereocenters. The van der Waals surface area contributed by atoms with Crippen LogP contribution in [0.5, 0.6) is 0 Å². The van der Waals surface area contributed by atoms with Crippen LogP contribution in [0, 0.1) is 0 Å². The Morgan fingerprint density at radius 3 is 2.94 bits per heavy atom. The summed E-state index contributed by atoms with van der Waals surface area (Å²) in [5, 5.41) is 2.93. The van der Waals surface area contributed by atoms with E-state index in [1.54, 1.807) is 0 Å². The molecular formula is C11H23N3O2. The van der Waals surface area contributed by atoms with Gasteiger partial charge in [-0.25, -0.2) is 10.7 Å². The molecule has 1 aliphatic rings. The van der Waals surface area contributed by atoms with Gasteiger partial charge in [0.25, 0.3) is 0 Å². The molecule has 5 nitrogen and oxygen atoms in total. The molecule has 1 heterocycles. The maximum absolute atomic E-state index is 11.9. The van der Waals surface area contributed by atoms with Crippen molar-refractivity contribution in [2.24, 2.45) is 5.90 Å². The first-order valence-electron chi connectivity index (χ1n) is 6.04. The van der Waals surface area contributed by atoms with E-state index in [9.17, 15) is 4.79 Å². The van der Waals surface area contributed by atoms with Crippen LogP contribution in [-0.2, 0) is 4.84 Å². The highest BCUT2D eigenvalue weighted by molar-refractivity contribution is 5.74. The van der Waals surface area contributed by atoms with Gasteiger partial charge >= 0.3 is 6.03 Å². The maximum Gasteiger partial charge on any atom is 0.317 e. The third-order valence-electron chi connectivity index (χ3n) is 2.87. The fraction of sp³-hybridized carbons (Fsp3) is 0.909. The van der Waals surface area contributed by atoms with E-state index in [4.69, 9.17) is 5.90 Å². The minimum Gasteiger partial charge on any atom is -0.336 e. The molecule has 2 amide bonds. The van der Waals surface area contributed by atoms with E-state index in [2.05, 4.69) is 10.2 Å². The highest BCUT2D eigenvalue weighted by Crippen LogP contribution is 2.19. The topological polar surface area (TPSA) is 67.6 Å². The summed E-state index contributed by atoms with van der Waals surface area (Å²) in [6.07, 6.45) is 4.14. The average Bonchev–Trinajstić information content (AvgIpc) is 2.25. The second-order valence-corrected chi connectivity index (χ2v) is 4.61. The minimum absolute atomic E-state index is 0.0386. The van der Waals surface area contributed by atoms with Crippen molar-refractivity contribution in [1.29, 1.82) is 0 Å². The molecule has 94 valence electrons. The van der Waals surface area contributed by atoms with Gasteiger partial charge in [-0.2, -0.15) is 0 Å². The molecule has 1 atom stereocenters. The summed E-state index contributed by atoms with van der Waals surface area (Å²) in [4.78, 5) is 18.4. The number of hydrogen-bond acceptors (Lipinski definition) is 3. The highest BCUT2D eigenvalue weighted by atomic mass is 16.6. The Morgan fingerprint density at radius 1 is 1.56 bits per heavy atom. The Labute approximate surface area is 97.3 Å². The molecule has 0 aromatic carbocycles. The molecule has 3 N–H and O–H groups in total. The van der Waals surface area contributed by atoms with Crippen molar-refractivity contribution in [3.05, 3.63) is 0 Å². The molecule has 0 aromatic heterocycles. The van der Waals surface area contributed by atoms with Crippen LogP contribution in [0.1, 0.15) is 39.5 Å². The summed E-state index contributed by atoms with van der Waals surface area (Å²) < 4.78 is 0. The number of likely N-dealkylation sites (tertiary alicyclic amines) is 1. The molecular weight excluding hydrogens is 206 g/mol. The summed E-state index contributed by atoms with van der Waals surface area (Å²) in [5.74, 6) is 5.03. The largest absolute Gasteiger partial charge is 0.336 e. The fourth-order valence-corrected chi connectivity index (χ4v) is 2.10. The highest BCUT2D eigenvalue weighted by Gasteiger charge is 2.26. The van der Waals surface area contributed by atoms with Gasteiger partial charge in [0.15, 0.2) is 0 Å². The van der Waals surface area contributed by atoms with Crippen LogP contribution in [0.3, 0.4) is 0 Å². The van der Waals surface area contributed by atoms with E-state index in [-0.39, 0.29) is 18.1 Å². The Morgan fingerprint density at radius 2 is 2.31 bits per heavy atom. The SMILES string of the molecule is CC(C)NC(=O)N1CCCCC1CCON. The van der Waals surface area contributed by atoms with E-state index in [1.165, 1.54) is 6.42 Å². The molecule has 0 bridgehead atoms. The zero-order valence-electron chi connectivity index (χ0n) is 10.2. The quantitative estimate of drug-likeness (QED) is 0.713. The van der Waals surface area contributed by atoms with Gasteiger partial charge in [-0.3, -0.25) is 0 Å². The lowest BCUT2D eigenvalue weighted by atomic mass is 10.00. The maximum atomic E-state index is 11.9. The van der Waals surface area contributed by atoms with Gasteiger partial charge in [0.05, 0.1) is 6.61 Å². The third kappa shape index (κ3) is 3.98. The van der Waals surface area contributed by atoms with Gasteiger partial charge in [-0.1, -0.05) is 0 Å². The van der Waals surface area contributed by atoms with Crippen LogP contribution in [0.4, 0.5) is 4.79 Å². The molecule has 0 radical (unpaired) electrons. The summed E-state index contributed by atoms with van der Waals surface area (Å²) >= 11 is 0. The Balaban J connectivity index is 2.48. The molecule has 1 saturated heterocycles. The molecule has 0 saturated carbocycles. The smallest absolute Gasteiger partial charge is 0.317 e. The second-order valence-electron chi connectivity index (χ2n) is 4.61. The summed E-state index contributed by atoms with van der Waals surface area (Å²) in [6.45, 7) is 5.30. The number of nitrogens with two attached hydrogens (primary N) is 1. The van der Waals surface area contributed by atoms with Crippen molar-refractivity contribution in [3.8, 4) is 0 Å². The standard InChI is InChI=1S/C11H23N3O2/c1-9(2)13-11(15)14-7-4-3-5-10(14)6-8-16-12/h9-10H,3-8,12H2,1-2H3,(H,13,15). The van der Waals surface area contributed by atoms with Gasteiger partial charge in [0, 0.05) is 18.6 Å². The summed E-state index contributed by atoms with van der Waals surface area (Å²) in [6, 6.07) is 0.494. The number of carbonyl (C=O) groups is 1. The van der Waals surface area contributed by atoms with Crippen molar-refractivity contribution in [2.45, 2.75) is 51.6 Å². The van der Waals surface area contributed by atoms with Crippen LogP contribution in [0.15, 0.2) is 0 Å². The number of nitrogens with zero attached hydrogens (tertiary/aromatic N) is 1. The molecule has 16 heavy (non-hydrogen) atoms. The van der Waals surface area contributed by atoms with Crippen molar-refractivity contribution in [2.75, 3.05) is 13.2 Å². The lowest BCUT2D eigenvalue weighted by molar-refractivity contribution is 0.0920. The minimum atomic E-state index is 0.0386. The van der Waals surface area contributed by atoms with Gasteiger partial charge in [-0.15, -0.1) is 0 Å². The second kappa shape index (κ2) is 6.70. The predicted octanol–water partition coefficient (Wildman–Crippen LogP) is 1.24. The Bertz CT molecular complexity index is 221. The van der Waals surface area contributed by atoms with E-state index in [1.807, 2.05) is 18.7 Å². The molecule has 1 fully saturated rings. The normalized spacial score (nSPS) is 21.2. The average molecular weight is 229 g/mol. The lowest BCUT2D eigenvalue weighted by Crippen LogP contribution is -2.50. The lowest BCUT2D eigenvalue weighted by Gasteiger charge is -2.36. The number of urea groups is 1. The number of piperidine rings is 1. The zero-order valence-corrected chi connectivity index (χ0v) is 10.2. The fourth-order valence-electron chi connectivity index (χ4n) is 2.10. The Kier molecular flexibility index (Phi) is 5.55. The molecule has 1 rings (SSSR count). The van der Waals surface area contributed by atoms with E-state index in [0.717, 1.165) is 25.8 Å². The van der Waals surface area contributed by atoms with Crippen LogP contribution < -0.4 is 11.2 Å². The predicted molar refractivity (Wildman–Crippen MR) is 62.8 cm³/mol. The first kappa shape index (κ1) is 13.3. The molecule has 0 aromatic rings. The zero-order chi connectivity index (χ0) is 12.0. The van der Waals surface area contributed by atoms with Crippen molar-refractivity contribution >= 4 is 6.03 Å². The molecule has 5 heteroatoms. The van der Waals surface area contributed by atoms with Gasteiger partial charge in [0.1, 0.15) is 0 Å². The summed E-state index contributed by atoms with van der Waals surface area (Å²) in [5.41, 5.74) is 0. The van der Waals surface area contributed by atoms with Crippen molar-refractivity contribution in [1.82, 2.24) is 10.2 Å². The number of hydrogen-bond donors (Lipinski definition) is 2. The number of rotatable bonds is 4. The van der Waals surface area contributed by atoms with Crippen molar-refractivity contribution < 1.29 is 9.63 Å². The van der Waals surface area contributed by atoms with Crippen LogP contribution >= 0.6 is 0 Å². The monoisotopic (exact) mass is 229 g/mol. The first-order chi connectivity index (χ1) is 7.65. The van der Waals surface area contributed by atoms with E-state index in [0.29, 0.717) is 6.61 Å². The van der Waals surface area contributed by atoms with Gasteiger partial charge < -0.3 is 15.1 Å². The number of nitrogens with one attached hydrogen (secondary N) is 1. The van der Waals surface area contributed by atoms with Crippen molar-refractivity contribution in [3.63, 3.8) is 0 Å². The van der Waals surface area contributed by atoms with Crippen LogP contribution in [0.25, 0.3) is 0 Å². The number of amides is 2. The third-order valence-corrected chi connectivity index (χ3v) is 2.87. The van der Waals surface area contributed by atoms with E-state index >= 15 is 0 Å². The van der Waals surface area contributed by atoms with Gasteiger partial charge in [-0.05, 0) is 39.5 Å². The number of carbonyl (C=O) groups excluding carboxylic acids is 1.